The molecule has 0 fully saturated rings. The van der Waals surface area contributed by atoms with E-state index in [9.17, 15) is 15.0 Å². The van der Waals surface area contributed by atoms with Gasteiger partial charge in [0.1, 0.15) is 5.78 Å². The molecule has 4 heteroatoms. The first-order chi connectivity index (χ1) is 12.1. The van der Waals surface area contributed by atoms with E-state index in [4.69, 9.17) is 0 Å². The lowest BCUT2D eigenvalue weighted by Gasteiger charge is -2.52. The Kier molecular flexibility index (Phi) is 3.84. The molecule has 0 aromatic carbocycles. The number of fused-ring (bicyclic) bond motifs is 3. The van der Waals surface area contributed by atoms with Gasteiger partial charge in [-0.05, 0) is 68.6 Å². The minimum absolute atomic E-state index is 0.0347. The molecule has 1 heterocycles. The lowest BCUT2D eigenvalue weighted by Crippen LogP contribution is -2.43. The number of allylic oxidation sites excluding steroid dienone is 2. The molecule has 4 nitrogen and oxygen atoms in total. The van der Waals surface area contributed by atoms with Crippen LogP contribution in [0.2, 0.25) is 0 Å². The number of aromatic hydroxyl groups is 2. The molecule has 142 valence electrons. The molecule has 2 N–H and O–H groups in total. The molecule has 0 amide bonds. The van der Waals surface area contributed by atoms with Gasteiger partial charge in [-0.1, -0.05) is 31.9 Å². The molecular formula is C22H31NO3. The van der Waals surface area contributed by atoms with E-state index in [1.54, 1.807) is 11.1 Å². The number of carbonyl (C=O) groups excluding carboxylic acids is 1. The smallest absolute Gasteiger partial charge is 0.197 e. The molecule has 0 saturated heterocycles. The van der Waals surface area contributed by atoms with Crippen LogP contribution in [0, 0.1) is 16.7 Å². The van der Waals surface area contributed by atoms with Crippen LogP contribution in [0.15, 0.2) is 11.1 Å². The summed E-state index contributed by atoms with van der Waals surface area (Å²) in [7, 11) is 0. The number of Topliss-reactive ketones (excluding diaryl/α,β-unsaturated/α-hetero) is 1. The van der Waals surface area contributed by atoms with Gasteiger partial charge >= 0.3 is 0 Å². The van der Waals surface area contributed by atoms with Gasteiger partial charge in [0.15, 0.2) is 11.8 Å². The zero-order valence-corrected chi connectivity index (χ0v) is 16.5. The Labute approximate surface area is 155 Å². The molecule has 3 aliphatic carbocycles. The lowest BCUT2D eigenvalue weighted by molar-refractivity contribution is -0.117. The number of nitrogens with zero attached hydrogens (tertiary/aromatic N) is 1. The topological polar surface area (TPSA) is 62.5 Å². The Morgan fingerprint density at radius 1 is 1.12 bits per heavy atom. The van der Waals surface area contributed by atoms with Crippen molar-refractivity contribution in [2.45, 2.75) is 79.2 Å². The maximum absolute atomic E-state index is 11.6. The largest absolute Gasteiger partial charge is 0.494 e. The summed E-state index contributed by atoms with van der Waals surface area (Å²) in [4.78, 5) is 11.6. The maximum atomic E-state index is 11.6. The van der Waals surface area contributed by atoms with Gasteiger partial charge in [-0.2, -0.15) is 0 Å². The summed E-state index contributed by atoms with van der Waals surface area (Å²) >= 11 is 0. The van der Waals surface area contributed by atoms with Crippen molar-refractivity contribution >= 4 is 5.78 Å². The van der Waals surface area contributed by atoms with Crippen molar-refractivity contribution in [3.05, 3.63) is 22.3 Å². The normalized spacial score (nSPS) is 29.8. The number of carbonyl (C=O) groups is 1. The van der Waals surface area contributed by atoms with Crippen LogP contribution in [-0.2, 0) is 24.2 Å². The highest BCUT2D eigenvalue weighted by Crippen LogP contribution is 2.60. The van der Waals surface area contributed by atoms with Gasteiger partial charge < -0.3 is 10.2 Å². The van der Waals surface area contributed by atoms with Crippen molar-refractivity contribution in [3.63, 3.8) is 0 Å². The quantitative estimate of drug-likeness (QED) is 0.766. The van der Waals surface area contributed by atoms with E-state index >= 15 is 0 Å². The Morgan fingerprint density at radius 2 is 1.81 bits per heavy atom. The molecule has 2 atom stereocenters. The summed E-state index contributed by atoms with van der Waals surface area (Å²) in [5, 5.41) is 21.4. The fourth-order valence-corrected chi connectivity index (χ4v) is 6.08. The molecule has 0 aliphatic heterocycles. The van der Waals surface area contributed by atoms with Crippen LogP contribution in [-0.4, -0.2) is 20.6 Å². The fraction of sp³-hybridized carbons (Fsp3) is 0.682. The third-order valence-corrected chi connectivity index (χ3v) is 7.53. The Hall–Kier alpha value is -1.71. The summed E-state index contributed by atoms with van der Waals surface area (Å²) < 4.78 is 1.40. The van der Waals surface area contributed by atoms with E-state index in [-0.39, 0.29) is 34.9 Å². The Bertz CT molecular complexity index is 814. The van der Waals surface area contributed by atoms with Gasteiger partial charge in [0, 0.05) is 11.1 Å². The van der Waals surface area contributed by atoms with Crippen molar-refractivity contribution in [1.82, 2.24) is 4.57 Å². The highest BCUT2D eigenvalue weighted by Gasteiger charge is 2.49. The standard InChI is InChI=1S/C22H31NO3/c1-13(24)12-23-19(25)15-10-14-7-8-17-18(6-5-9-21(17,2)3)22(14,4)11-16(15)20(23)26/h14,25-26H,5-12H2,1-4H3. The molecule has 1 aromatic rings. The van der Waals surface area contributed by atoms with Crippen LogP contribution >= 0.6 is 0 Å². The van der Waals surface area contributed by atoms with Crippen LogP contribution in [0.1, 0.15) is 70.9 Å². The predicted octanol–water partition coefficient (Wildman–Crippen LogP) is 4.51. The second kappa shape index (κ2) is 5.64. The molecule has 4 rings (SSSR count). The van der Waals surface area contributed by atoms with Gasteiger partial charge in [0.25, 0.3) is 0 Å². The first kappa shape index (κ1) is 17.7. The minimum Gasteiger partial charge on any atom is -0.494 e. The van der Waals surface area contributed by atoms with Crippen molar-refractivity contribution in [3.8, 4) is 11.8 Å². The number of ketones is 1. The van der Waals surface area contributed by atoms with Crippen molar-refractivity contribution < 1.29 is 15.0 Å². The second-order valence-electron chi connectivity index (χ2n) is 9.62. The van der Waals surface area contributed by atoms with E-state index in [1.807, 2.05) is 0 Å². The number of hydrogen-bond acceptors (Lipinski definition) is 3. The lowest BCUT2D eigenvalue weighted by atomic mass is 9.52. The highest BCUT2D eigenvalue weighted by molar-refractivity contribution is 5.76. The molecule has 0 saturated carbocycles. The summed E-state index contributed by atoms with van der Waals surface area (Å²) in [6.07, 6.45) is 7.55. The third-order valence-electron chi connectivity index (χ3n) is 7.53. The average Bonchev–Trinajstić information content (AvgIpc) is 2.77. The van der Waals surface area contributed by atoms with Crippen molar-refractivity contribution in [1.29, 1.82) is 0 Å². The first-order valence-corrected chi connectivity index (χ1v) is 9.99. The first-order valence-electron chi connectivity index (χ1n) is 9.99. The van der Waals surface area contributed by atoms with Crippen LogP contribution < -0.4 is 0 Å². The second-order valence-corrected chi connectivity index (χ2v) is 9.62. The van der Waals surface area contributed by atoms with E-state index in [0.717, 1.165) is 30.4 Å². The number of hydrogen-bond donors (Lipinski definition) is 2. The molecule has 1 aromatic heterocycles. The van der Waals surface area contributed by atoms with Crippen LogP contribution in [0.3, 0.4) is 0 Å². The summed E-state index contributed by atoms with van der Waals surface area (Å²) in [6, 6.07) is 0. The molecule has 3 aliphatic rings. The van der Waals surface area contributed by atoms with Gasteiger partial charge in [0.05, 0.1) is 6.54 Å². The monoisotopic (exact) mass is 357 g/mol. The van der Waals surface area contributed by atoms with E-state index < -0.39 is 0 Å². The predicted molar refractivity (Wildman–Crippen MR) is 101 cm³/mol. The molecule has 0 radical (unpaired) electrons. The molecule has 26 heavy (non-hydrogen) atoms. The minimum atomic E-state index is -0.0643. The highest BCUT2D eigenvalue weighted by atomic mass is 16.3. The average molecular weight is 357 g/mol. The third kappa shape index (κ3) is 2.37. The van der Waals surface area contributed by atoms with Crippen molar-refractivity contribution in [2.24, 2.45) is 16.7 Å². The fourth-order valence-electron chi connectivity index (χ4n) is 6.08. The SMILES string of the molecule is CC(=O)Cn1c(O)c2c(c1O)CC1(C)C3=C(CCC1C2)C(C)(C)CCC3. The van der Waals surface area contributed by atoms with E-state index in [2.05, 4.69) is 20.8 Å². The molecule has 2 unspecified atom stereocenters. The van der Waals surface area contributed by atoms with Crippen LogP contribution in [0.25, 0.3) is 0 Å². The summed E-state index contributed by atoms with van der Waals surface area (Å²) in [5.41, 5.74) is 5.34. The van der Waals surface area contributed by atoms with Gasteiger partial charge in [-0.15, -0.1) is 0 Å². The van der Waals surface area contributed by atoms with Gasteiger partial charge in [-0.25, -0.2) is 0 Å². The Morgan fingerprint density at radius 3 is 2.50 bits per heavy atom. The van der Waals surface area contributed by atoms with Gasteiger partial charge in [-0.3, -0.25) is 9.36 Å². The molecule has 0 bridgehead atoms. The Balaban J connectivity index is 1.81. The van der Waals surface area contributed by atoms with Gasteiger partial charge in [0.2, 0.25) is 0 Å². The number of aromatic nitrogens is 1. The maximum Gasteiger partial charge on any atom is 0.197 e. The zero-order valence-electron chi connectivity index (χ0n) is 16.5. The van der Waals surface area contributed by atoms with E-state index in [0.29, 0.717) is 5.92 Å². The zero-order chi connectivity index (χ0) is 18.9. The molecular weight excluding hydrogens is 326 g/mol. The van der Waals surface area contributed by atoms with Crippen molar-refractivity contribution in [2.75, 3.05) is 0 Å². The van der Waals surface area contributed by atoms with Crippen LogP contribution in [0.5, 0.6) is 11.8 Å². The number of rotatable bonds is 2. The summed E-state index contributed by atoms with van der Waals surface area (Å²) in [5.74, 6) is 0.625. The summed E-state index contributed by atoms with van der Waals surface area (Å²) in [6.45, 7) is 8.65. The molecule has 0 spiro atoms. The van der Waals surface area contributed by atoms with Crippen LogP contribution in [0.4, 0.5) is 0 Å². The van der Waals surface area contributed by atoms with E-state index in [1.165, 1.54) is 37.2 Å².